The fraction of sp³-hybridized carbons (Fsp3) is 0.478. The van der Waals surface area contributed by atoms with E-state index in [1.54, 1.807) is 23.1 Å². The lowest BCUT2D eigenvalue weighted by atomic mass is 9.97. The Morgan fingerprint density at radius 1 is 1.10 bits per heavy atom. The van der Waals surface area contributed by atoms with Crippen molar-refractivity contribution in [3.05, 3.63) is 51.1 Å². The number of benzene rings is 1. The van der Waals surface area contributed by atoms with Gasteiger partial charge >= 0.3 is 0 Å². The van der Waals surface area contributed by atoms with Gasteiger partial charge in [0.05, 0.1) is 12.0 Å². The maximum atomic E-state index is 13.6. The Morgan fingerprint density at radius 2 is 1.90 bits per heavy atom. The third-order valence-corrected chi connectivity index (χ3v) is 8.11. The van der Waals surface area contributed by atoms with Gasteiger partial charge in [0.25, 0.3) is 5.56 Å². The molecule has 3 aromatic rings. The molecule has 29 heavy (non-hydrogen) atoms. The van der Waals surface area contributed by atoms with Crippen molar-refractivity contribution >= 4 is 33.3 Å². The fourth-order valence-corrected chi connectivity index (χ4v) is 6.78. The number of hydrogen-bond donors (Lipinski definition) is 0. The lowest BCUT2D eigenvalue weighted by Gasteiger charge is -2.18. The van der Waals surface area contributed by atoms with E-state index in [1.807, 2.05) is 34.9 Å². The smallest absolute Gasteiger partial charge is 0.263 e. The van der Waals surface area contributed by atoms with E-state index >= 15 is 0 Å². The van der Waals surface area contributed by atoms with Crippen LogP contribution in [-0.4, -0.2) is 21.9 Å². The average Bonchev–Trinajstić information content (AvgIpc) is 3.39. The van der Waals surface area contributed by atoms with Crippen LogP contribution >= 0.6 is 23.1 Å². The van der Waals surface area contributed by atoms with E-state index in [4.69, 9.17) is 9.72 Å². The Balaban J connectivity index is 1.44. The van der Waals surface area contributed by atoms with Crippen molar-refractivity contribution in [3.63, 3.8) is 0 Å². The number of fused-ring (bicyclic) bond motifs is 3. The highest BCUT2D eigenvalue weighted by atomic mass is 32.2. The number of thioether (sulfide) groups is 1. The van der Waals surface area contributed by atoms with Crippen molar-refractivity contribution in [3.8, 4) is 5.75 Å². The van der Waals surface area contributed by atoms with Gasteiger partial charge in [-0.3, -0.25) is 9.36 Å². The Morgan fingerprint density at radius 3 is 2.72 bits per heavy atom. The van der Waals surface area contributed by atoms with Crippen LogP contribution in [0.5, 0.6) is 5.75 Å². The second-order valence-corrected chi connectivity index (χ2v) is 10.1. The first-order valence-corrected chi connectivity index (χ1v) is 12.5. The van der Waals surface area contributed by atoms with Gasteiger partial charge in [0, 0.05) is 16.7 Å². The van der Waals surface area contributed by atoms with Crippen LogP contribution in [0.3, 0.4) is 0 Å². The minimum Gasteiger partial charge on any atom is -0.493 e. The van der Waals surface area contributed by atoms with E-state index in [1.165, 1.54) is 36.1 Å². The average molecular weight is 427 g/mol. The van der Waals surface area contributed by atoms with E-state index in [0.717, 1.165) is 52.6 Å². The van der Waals surface area contributed by atoms with E-state index < -0.39 is 0 Å². The highest BCUT2D eigenvalue weighted by Gasteiger charge is 2.26. The van der Waals surface area contributed by atoms with Crippen LogP contribution in [0.25, 0.3) is 10.2 Å². The normalized spacial score (nSPS) is 17.0. The fourth-order valence-electron chi connectivity index (χ4n) is 4.59. The second-order valence-electron chi connectivity index (χ2n) is 7.91. The molecule has 1 saturated carbocycles. The molecule has 1 fully saturated rings. The third-order valence-electron chi connectivity index (χ3n) is 6.00. The van der Waals surface area contributed by atoms with Gasteiger partial charge in [-0.1, -0.05) is 42.8 Å². The predicted molar refractivity (Wildman–Crippen MR) is 121 cm³/mol. The van der Waals surface area contributed by atoms with Gasteiger partial charge in [0.2, 0.25) is 0 Å². The van der Waals surface area contributed by atoms with Crippen molar-refractivity contribution in [2.24, 2.45) is 0 Å². The SMILES string of the molecule is O=c1c2c3c(sc2nc(SCCOc2ccccc2)n1C1CCCC1)CCCC3. The molecule has 0 amide bonds. The molecule has 0 saturated heterocycles. The summed E-state index contributed by atoms with van der Waals surface area (Å²) in [5, 5.41) is 1.80. The largest absolute Gasteiger partial charge is 0.493 e. The molecule has 2 aromatic heterocycles. The van der Waals surface area contributed by atoms with Gasteiger partial charge in [-0.15, -0.1) is 11.3 Å². The van der Waals surface area contributed by atoms with Gasteiger partial charge in [-0.05, 0) is 56.2 Å². The van der Waals surface area contributed by atoms with Crippen molar-refractivity contribution in [1.82, 2.24) is 9.55 Å². The number of thiophene rings is 1. The molecule has 5 rings (SSSR count). The number of hydrogen-bond acceptors (Lipinski definition) is 5. The lowest BCUT2D eigenvalue weighted by molar-refractivity contribution is 0.343. The first-order valence-electron chi connectivity index (χ1n) is 10.7. The molecule has 6 heteroatoms. The molecular weight excluding hydrogens is 400 g/mol. The van der Waals surface area contributed by atoms with Crippen LogP contribution in [0.4, 0.5) is 0 Å². The first kappa shape index (κ1) is 19.2. The third kappa shape index (κ3) is 3.84. The van der Waals surface area contributed by atoms with Crippen molar-refractivity contribution in [2.75, 3.05) is 12.4 Å². The molecule has 1 aromatic carbocycles. The van der Waals surface area contributed by atoms with E-state index in [9.17, 15) is 4.79 Å². The molecule has 0 N–H and O–H groups in total. The highest BCUT2D eigenvalue weighted by Crippen LogP contribution is 2.37. The number of rotatable bonds is 6. The molecule has 0 aliphatic heterocycles. The Bertz CT molecular complexity index is 1050. The Hall–Kier alpha value is -1.79. The number of aromatic nitrogens is 2. The molecule has 0 atom stereocenters. The summed E-state index contributed by atoms with van der Waals surface area (Å²) >= 11 is 3.41. The summed E-state index contributed by atoms with van der Waals surface area (Å²) in [6.07, 6.45) is 9.16. The summed E-state index contributed by atoms with van der Waals surface area (Å²) in [5.74, 6) is 1.67. The summed E-state index contributed by atoms with van der Waals surface area (Å²) < 4.78 is 7.88. The summed E-state index contributed by atoms with van der Waals surface area (Å²) in [7, 11) is 0. The molecule has 2 heterocycles. The van der Waals surface area contributed by atoms with Gasteiger partial charge < -0.3 is 4.74 Å². The lowest BCUT2D eigenvalue weighted by Crippen LogP contribution is -2.27. The van der Waals surface area contributed by atoms with Crippen LogP contribution in [-0.2, 0) is 12.8 Å². The van der Waals surface area contributed by atoms with Crippen LogP contribution in [0, 0.1) is 0 Å². The summed E-state index contributed by atoms with van der Waals surface area (Å²) in [5.41, 5.74) is 1.50. The van der Waals surface area contributed by atoms with Crippen LogP contribution in [0.2, 0.25) is 0 Å². The number of ether oxygens (including phenoxy) is 1. The standard InChI is InChI=1S/C23H26N2O2S2/c26-22-20-18-12-6-7-13-19(18)29-21(20)24-23(25(22)16-8-4-5-9-16)28-15-14-27-17-10-2-1-3-11-17/h1-3,10-11,16H,4-9,12-15H2. The van der Waals surface area contributed by atoms with Crippen molar-refractivity contribution in [1.29, 1.82) is 0 Å². The van der Waals surface area contributed by atoms with Crippen molar-refractivity contribution < 1.29 is 4.74 Å². The molecule has 0 radical (unpaired) electrons. The quantitative estimate of drug-likeness (QED) is 0.291. The molecule has 0 bridgehead atoms. The van der Waals surface area contributed by atoms with E-state index in [0.29, 0.717) is 12.6 Å². The topological polar surface area (TPSA) is 44.1 Å². The monoisotopic (exact) mass is 426 g/mol. The van der Waals surface area contributed by atoms with Crippen LogP contribution in [0.1, 0.15) is 55.0 Å². The maximum Gasteiger partial charge on any atom is 0.263 e. The van der Waals surface area contributed by atoms with Gasteiger partial charge in [-0.25, -0.2) is 4.98 Å². The predicted octanol–water partition coefficient (Wildman–Crippen LogP) is 5.62. The number of para-hydroxylation sites is 1. The number of nitrogens with zero attached hydrogens (tertiary/aromatic N) is 2. The van der Waals surface area contributed by atoms with Gasteiger partial charge in [0.1, 0.15) is 10.6 Å². The molecule has 2 aliphatic rings. The van der Waals surface area contributed by atoms with Crippen molar-refractivity contribution in [2.45, 2.75) is 62.6 Å². The second kappa shape index (κ2) is 8.52. The minimum absolute atomic E-state index is 0.202. The molecular formula is C23H26N2O2S2. The summed E-state index contributed by atoms with van der Waals surface area (Å²) in [4.78, 5) is 21.0. The molecule has 0 unspecified atom stereocenters. The number of aryl methyl sites for hydroxylation is 2. The minimum atomic E-state index is 0.202. The van der Waals surface area contributed by atoms with Gasteiger partial charge in [-0.2, -0.15) is 0 Å². The molecule has 2 aliphatic carbocycles. The molecule has 0 spiro atoms. The summed E-state index contributed by atoms with van der Waals surface area (Å²) in [6, 6.07) is 10.2. The molecule has 4 nitrogen and oxygen atoms in total. The molecule has 152 valence electrons. The zero-order chi connectivity index (χ0) is 19.6. The summed E-state index contributed by atoms with van der Waals surface area (Å²) in [6.45, 7) is 0.605. The van der Waals surface area contributed by atoms with E-state index in [2.05, 4.69) is 0 Å². The Kier molecular flexibility index (Phi) is 5.64. The maximum absolute atomic E-state index is 13.6. The Labute approximate surface area is 179 Å². The van der Waals surface area contributed by atoms with Crippen LogP contribution in [0.15, 0.2) is 40.3 Å². The zero-order valence-corrected chi connectivity index (χ0v) is 18.2. The zero-order valence-electron chi connectivity index (χ0n) is 16.6. The van der Waals surface area contributed by atoms with E-state index in [-0.39, 0.29) is 5.56 Å². The van der Waals surface area contributed by atoms with Crippen LogP contribution < -0.4 is 10.3 Å². The highest BCUT2D eigenvalue weighted by molar-refractivity contribution is 7.99. The van der Waals surface area contributed by atoms with Gasteiger partial charge in [0.15, 0.2) is 5.16 Å². The first-order chi connectivity index (χ1) is 14.3.